The molecule has 0 aliphatic rings. The summed E-state index contributed by atoms with van der Waals surface area (Å²) < 4.78 is 7.01. The maximum atomic E-state index is 12.3. The highest BCUT2D eigenvalue weighted by Gasteiger charge is 2.16. The molecule has 0 fully saturated rings. The van der Waals surface area contributed by atoms with Crippen LogP contribution in [0.25, 0.3) is 0 Å². The highest BCUT2D eigenvalue weighted by atomic mass is 16.5. The second-order valence-corrected chi connectivity index (χ2v) is 3.60. The van der Waals surface area contributed by atoms with E-state index in [2.05, 4.69) is 5.10 Å². The van der Waals surface area contributed by atoms with Crippen molar-refractivity contribution in [2.75, 3.05) is 6.61 Å². The van der Waals surface area contributed by atoms with Crippen LogP contribution in [-0.4, -0.2) is 22.2 Å². The molecule has 1 aromatic carbocycles. The highest BCUT2D eigenvalue weighted by molar-refractivity contribution is 6.09. The van der Waals surface area contributed by atoms with Gasteiger partial charge in [-0.1, -0.05) is 12.1 Å². The highest BCUT2D eigenvalue weighted by Crippen LogP contribution is 2.21. The number of aryl methyl sites for hydroxylation is 1. The number of benzene rings is 1. The van der Waals surface area contributed by atoms with Crippen LogP contribution in [0.3, 0.4) is 0 Å². The minimum atomic E-state index is -0.0750. The molecule has 0 aliphatic carbocycles. The number of ether oxygens (including phenoxy) is 1. The Morgan fingerprint density at radius 3 is 2.76 bits per heavy atom. The van der Waals surface area contributed by atoms with Gasteiger partial charge in [0.15, 0.2) is 0 Å². The standard InChI is InChI=1S/C13H14N2O2/c1-3-17-12-7-5-4-6-10(12)13(16)11-8-9-14-15(11)2/h4-9H,3H2,1-2H3. The van der Waals surface area contributed by atoms with Crippen molar-refractivity contribution in [2.45, 2.75) is 6.92 Å². The second-order valence-electron chi connectivity index (χ2n) is 3.60. The van der Waals surface area contributed by atoms with E-state index >= 15 is 0 Å². The molecule has 0 saturated carbocycles. The van der Waals surface area contributed by atoms with Gasteiger partial charge >= 0.3 is 0 Å². The van der Waals surface area contributed by atoms with Gasteiger partial charge in [-0.25, -0.2) is 0 Å². The lowest BCUT2D eigenvalue weighted by Gasteiger charge is -2.08. The molecule has 17 heavy (non-hydrogen) atoms. The van der Waals surface area contributed by atoms with Crippen LogP contribution in [0, 0.1) is 0 Å². The van der Waals surface area contributed by atoms with Crippen molar-refractivity contribution >= 4 is 5.78 Å². The Labute approximate surface area is 99.8 Å². The number of carbonyl (C=O) groups is 1. The molecule has 0 unspecified atom stereocenters. The summed E-state index contributed by atoms with van der Waals surface area (Å²) >= 11 is 0. The van der Waals surface area contributed by atoms with Crippen molar-refractivity contribution < 1.29 is 9.53 Å². The van der Waals surface area contributed by atoms with Gasteiger partial charge in [0.05, 0.1) is 12.2 Å². The Balaban J connectivity index is 2.40. The quantitative estimate of drug-likeness (QED) is 0.755. The topological polar surface area (TPSA) is 44.1 Å². The van der Waals surface area contributed by atoms with Crippen LogP contribution in [0.1, 0.15) is 23.0 Å². The average molecular weight is 230 g/mol. The number of nitrogens with zero attached hydrogens (tertiary/aromatic N) is 2. The fourth-order valence-corrected chi connectivity index (χ4v) is 1.67. The minimum absolute atomic E-state index is 0.0750. The van der Waals surface area contributed by atoms with Gasteiger partial charge in [0.1, 0.15) is 11.4 Å². The van der Waals surface area contributed by atoms with Gasteiger partial charge in [-0.2, -0.15) is 5.10 Å². The summed E-state index contributed by atoms with van der Waals surface area (Å²) in [5.41, 5.74) is 1.12. The Morgan fingerprint density at radius 2 is 2.12 bits per heavy atom. The molecule has 2 aromatic rings. The monoisotopic (exact) mass is 230 g/mol. The maximum absolute atomic E-state index is 12.3. The molecule has 0 spiro atoms. The van der Waals surface area contributed by atoms with Crippen molar-refractivity contribution in [3.05, 3.63) is 47.8 Å². The molecule has 0 radical (unpaired) electrons. The van der Waals surface area contributed by atoms with Gasteiger partial charge in [0, 0.05) is 13.2 Å². The molecule has 2 rings (SSSR count). The third-order valence-corrected chi connectivity index (χ3v) is 2.49. The van der Waals surface area contributed by atoms with Crippen LogP contribution in [0.4, 0.5) is 0 Å². The van der Waals surface area contributed by atoms with Crippen molar-refractivity contribution in [1.82, 2.24) is 9.78 Å². The van der Waals surface area contributed by atoms with E-state index in [0.717, 1.165) is 0 Å². The first-order valence-electron chi connectivity index (χ1n) is 5.48. The van der Waals surface area contributed by atoms with E-state index in [1.54, 1.807) is 36.1 Å². The van der Waals surface area contributed by atoms with E-state index in [1.165, 1.54) is 0 Å². The van der Waals surface area contributed by atoms with Gasteiger partial charge in [0.25, 0.3) is 0 Å². The van der Waals surface area contributed by atoms with Crippen LogP contribution < -0.4 is 4.74 Å². The summed E-state index contributed by atoms with van der Waals surface area (Å²) in [5.74, 6) is 0.537. The zero-order valence-electron chi connectivity index (χ0n) is 9.88. The third kappa shape index (κ3) is 2.20. The first-order valence-corrected chi connectivity index (χ1v) is 5.48. The predicted molar refractivity (Wildman–Crippen MR) is 64.3 cm³/mol. The molecule has 4 nitrogen and oxygen atoms in total. The van der Waals surface area contributed by atoms with E-state index in [-0.39, 0.29) is 5.78 Å². The largest absolute Gasteiger partial charge is 0.493 e. The Kier molecular flexibility index (Phi) is 3.23. The smallest absolute Gasteiger partial charge is 0.214 e. The fraction of sp³-hybridized carbons (Fsp3) is 0.231. The molecule has 0 bridgehead atoms. The number of hydrogen-bond donors (Lipinski definition) is 0. The molecule has 1 heterocycles. The van der Waals surface area contributed by atoms with Crippen LogP contribution in [0.2, 0.25) is 0 Å². The van der Waals surface area contributed by atoms with Crippen LogP contribution >= 0.6 is 0 Å². The zero-order chi connectivity index (χ0) is 12.3. The van der Waals surface area contributed by atoms with Crippen molar-refractivity contribution in [2.24, 2.45) is 7.05 Å². The SMILES string of the molecule is CCOc1ccccc1C(=O)c1ccnn1C. The van der Waals surface area contributed by atoms with Gasteiger partial charge in [-0.15, -0.1) is 0 Å². The number of rotatable bonds is 4. The zero-order valence-corrected chi connectivity index (χ0v) is 9.88. The number of hydrogen-bond acceptors (Lipinski definition) is 3. The van der Waals surface area contributed by atoms with E-state index < -0.39 is 0 Å². The summed E-state index contributed by atoms with van der Waals surface area (Å²) in [6.45, 7) is 2.43. The molecule has 4 heteroatoms. The molecule has 88 valence electrons. The summed E-state index contributed by atoms with van der Waals surface area (Å²) in [7, 11) is 1.75. The molecule has 0 saturated heterocycles. The molecular formula is C13H14N2O2. The fourth-order valence-electron chi connectivity index (χ4n) is 1.67. The van der Waals surface area contributed by atoms with E-state index in [9.17, 15) is 4.79 Å². The number of para-hydroxylation sites is 1. The summed E-state index contributed by atoms with van der Waals surface area (Å²) in [6.07, 6.45) is 1.61. The predicted octanol–water partition coefficient (Wildman–Crippen LogP) is 2.05. The van der Waals surface area contributed by atoms with Crippen LogP contribution in [0.15, 0.2) is 36.5 Å². The first kappa shape index (κ1) is 11.4. The molecule has 0 amide bonds. The van der Waals surface area contributed by atoms with E-state index in [1.807, 2.05) is 19.1 Å². The Morgan fingerprint density at radius 1 is 1.35 bits per heavy atom. The molecule has 0 N–H and O–H groups in total. The van der Waals surface area contributed by atoms with E-state index in [4.69, 9.17) is 4.74 Å². The number of aromatic nitrogens is 2. The lowest BCUT2D eigenvalue weighted by Crippen LogP contribution is -2.10. The number of carbonyl (C=O) groups excluding carboxylic acids is 1. The first-order chi connectivity index (χ1) is 8.24. The van der Waals surface area contributed by atoms with Gasteiger partial charge in [-0.3, -0.25) is 9.48 Å². The van der Waals surface area contributed by atoms with Gasteiger partial charge < -0.3 is 4.74 Å². The number of ketones is 1. The molecular weight excluding hydrogens is 216 g/mol. The second kappa shape index (κ2) is 4.82. The molecule has 0 atom stereocenters. The van der Waals surface area contributed by atoms with Crippen molar-refractivity contribution in [3.8, 4) is 5.75 Å². The molecule has 0 aliphatic heterocycles. The minimum Gasteiger partial charge on any atom is -0.493 e. The van der Waals surface area contributed by atoms with Gasteiger partial charge in [-0.05, 0) is 25.1 Å². The maximum Gasteiger partial charge on any atom is 0.214 e. The van der Waals surface area contributed by atoms with Crippen molar-refractivity contribution in [3.63, 3.8) is 0 Å². The van der Waals surface area contributed by atoms with Crippen LogP contribution in [0.5, 0.6) is 5.75 Å². The average Bonchev–Trinajstić information content (AvgIpc) is 2.76. The lowest BCUT2D eigenvalue weighted by atomic mass is 10.1. The Hall–Kier alpha value is -2.10. The summed E-state index contributed by atoms with van der Waals surface area (Å²) in [4.78, 5) is 12.3. The lowest BCUT2D eigenvalue weighted by molar-refractivity contribution is 0.102. The summed E-state index contributed by atoms with van der Waals surface area (Å²) in [6, 6.07) is 8.94. The molecule has 1 aromatic heterocycles. The Bertz CT molecular complexity index is 532. The third-order valence-electron chi connectivity index (χ3n) is 2.49. The van der Waals surface area contributed by atoms with Crippen molar-refractivity contribution in [1.29, 1.82) is 0 Å². The summed E-state index contributed by atoms with van der Waals surface area (Å²) in [5, 5.41) is 3.99. The van der Waals surface area contributed by atoms with E-state index in [0.29, 0.717) is 23.6 Å². The normalized spacial score (nSPS) is 10.2. The van der Waals surface area contributed by atoms with Gasteiger partial charge in [0.2, 0.25) is 5.78 Å². The van der Waals surface area contributed by atoms with Crippen LogP contribution in [-0.2, 0) is 7.05 Å².